The van der Waals surface area contributed by atoms with Gasteiger partial charge in [-0.25, -0.2) is 0 Å². The van der Waals surface area contributed by atoms with E-state index < -0.39 is 11.5 Å². The van der Waals surface area contributed by atoms with Crippen LogP contribution in [0.1, 0.15) is 22.8 Å². The first kappa shape index (κ1) is 8.90. The van der Waals surface area contributed by atoms with Gasteiger partial charge in [-0.2, -0.15) is 0 Å². The average molecular weight is 191 g/mol. The van der Waals surface area contributed by atoms with Gasteiger partial charge in [-0.1, -0.05) is 12.1 Å². The number of aliphatic hydroxyl groups is 1. The van der Waals surface area contributed by atoms with Crippen molar-refractivity contribution in [1.29, 1.82) is 0 Å². The summed E-state index contributed by atoms with van der Waals surface area (Å²) in [6.07, 6.45) is 0.694. The van der Waals surface area contributed by atoms with Gasteiger partial charge in [0.15, 0.2) is 5.60 Å². The molecule has 4 heteroatoms. The van der Waals surface area contributed by atoms with Crippen LogP contribution in [-0.4, -0.2) is 17.3 Å². The second-order valence-electron chi connectivity index (χ2n) is 3.45. The van der Waals surface area contributed by atoms with Gasteiger partial charge < -0.3 is 10.4 Å². The standard InChI is InChI=1S/C10H9NO3/c1-10(14)7-3-2-6(5-12)4-8(7)11-9(10)13/h2-5,14H,1H3,(H,11,13)/t10-/m1/s1. The Bertz CT molecular complexity index is 423. The Morgan fingerprint density at radius 1 is 1.50 bits per heavy atom. The summed E-state index contributed by atoms with van der Waals surface area (Å²) in [6.45, 7) is 1.43. The summed E-state index contributed by atoms with van der Waals surface area (Å²) < 4.78 is 0. The maximum Gasteiger partial charge on any atom is 0.260 e. The SMILES string of the molecule is C[C@]1(O)C(=O)Nc2cc(C=O)ccc21. The predicted molar refractivity (Wildman–Crippen MR) is 50.0 cm³/mol. The molecule has 0 aromatic heterocycles. The third kappa shape index (κ3) is 1.04. The summed E-state index contributed by atoms with van der Waals surface area (Å²) in [5, 5.41) is 12.3. The number of rotatable bonds is 1. The maximum absolute atomic E-state index is 11.3. The van der Waals surface area contributed by atoms with Crippen LogP contribution < -0.4 is 5.32 Å². The number of aldehydes is 1. The molecule has 1 aliphatic heterocycles. The summed E-state index contributed by atoms with van der Waals surface area (Å²) >= 11 is 0. The first-order valence-electron chi connectivity index (χ1n) is 4.19. The van der Waals surface area contributed by atoms with Crippen molar-refractivity contribution in [2.75, 3.05) is 5.32 Å². The molecule has 72 valence electrons. The largest absolute Gasteiger partial charge is 0.375 e. The molecule has 2 rings (SSSR count). The lowest BCUT2D eigenvalue weighted by molar-refractivity contribution is -0.131. The average Bonchev–Trinajstić information content (AvgIpc) is 2.38. The van der Waals surface area contributed by atoms with E-state index in [4.69, 9.17) is 0 Å². The number of nitrogens with one attached hydrogen (secondary N) is 1. The van der Waals surface area contributed by atoms with Gasteiger partial charge >= 0.3 is 0 Å². The minimum absolute atomic E-state index is 0.462. The summed E-state index contributed by atoms with van der Waals surface area (Å²) in [6, 6.07) is 4.69. The Balaban J connectivity index is 2.59. The van der Waals surface area contributed by atoms with Crippen molar-refractivity contribution in [1.82, 2.24) is 0 Å². The third-order valence-corrected chi connectivity index (χ3v) is 2.39. The zero-order chi connectivity index (χ0) is 10.3. The molecule has 0 unspecified atom stereocenters. The quantitative estimate of drug-likeness (QED) is 0.641. The molecular formula is C10H9NO3. The van der Waals surface area contributed by atoms with Crippen molar-refractivity contribution >= 4 is 17.9 Å². The van der Waals surface area contributed by atoms with Crippen LogP contribution in [0, 0.1) is 0 Å². The molecule has 0 radical (unpaired) electrons. The van der Waals surface area contributed by atoms with Crippen molar-refractivity contribution in [3.05, 3.63) is 29.3 Å². The highest BCUT2D eigenvalue weighted by atomic mass is 16.3. The van der Waals surface area contributed by atoms with E-state index in [9.17, 15) is 14.7 Å². The fraction of sp³-hybridized carbons (Fsp3) is 0.200. The lowest BCUT2D eigenvalue weighted by Crippen LogP contribution is -2.30. The molecule has 0 spiro atoms. The summed E-state index contributed by atoms with van der Waals surface area (Å²) in [5.41, 5.74) is -0.00374. The molecular weight excluding hydrogens is 182 g/mol. The molecule has 1 aliphatic rings. The fourth-order valence-corrected chi connectivity index (χ4v) is 1.53. The maximum atomic E-state index is 11.3. The topological polar surface area (TPSA) is 66.4 Å². The zero-order valence-electron chi connectivity index (χ0n) is 7.57. The molecule has 1 heterocycles. The van der Waals surface area contributed by atoms with Gasteiger partial charge in [0.25, 0.3) is 5.91 Å². The van der Waals surface area contributed by atoms with Crippen molar-refractivity contribution in [2.24, 2.45) is 0 Å². The summed E-state index contributed by atoms with van der Waals surface area (Å²) in [4.78, 5) is 21.8. The lowest BCUT2D eigenvalue weighted by Gasteiger charge is -2.13. The second-order valence-corrected chi connectivity index (χ2v) is 3.45. The van der Waals surface area contributed by atoms with E-state index in [-0.39, 0.29) is 0 Å². The number of hydrogen-bond acceptors (Lipinski definition) is 3. The minimum atomic E-state index is -1.49. The lowest BCUT2D eigenvalue weighted by atomic mass is 9.97. The smallest absolute Gasteiger partial charge is 0.260 e. The van der Waals surface area contributed by atoms with E-state index >= 15 is 0 Å². The van der Waals surface area contributed by atoms with Crippen LogP contribution >= 0.6 is 0 Å². The third-order valence-electron chi connectivity index (χ3n) is 2.39. The molecule has 14 heavy (non-hydrogen) atoms. The van der Waals surface area contributed by atoms with Crippen LogP contribution in [0.5, 0.6) is 0 Å². The van der Waals surface area contributed by atoms with Gasteiger partial charge in [0.1, 0.15) is 6.29 Å². The summed E-state index contributed by atoms with van der Waals surface area (Å²) in [5.74, 6) is -0.462. The number of hydrogen-bond donors (Lipinski definition) is 2. The van der Waals surface area contributed by atoms with E-state index in [2.05, 4.69) is 5.32 Å². The van der Waals surface area contributed by atoms with Crippen molar-refractivity contribution in [3.63, 3.8) is 0 Å². The van der Waals surface area contributed by atoms with Crippen LogP contribution in [0.25, 0.3) is 0 Å². The normalized spacial score (nSPS) is 24.3. The van der Waals surface area contributed by atoms with Crippen LogP contribution in [-0.2, 0) is 10.4 Å². The molecule has 0 fully saturated rings. The number of amides is 1. The van der Waals surface area contributed by atoms with Crippen LogP contribution in [0.3, 0.4) is 0 Å². The zero-order valence-corrected chi connectivity index (χ0v) is 7.57. The molecule has 1 aromatic rings. The number of anilines is 1. The molecule has 4 nitrogen and oxygen atoms in total. The van der Waals surface area contributed by atoms with Gasteiger partial charge in [0.05, 0.1) is 0 Å². The Hall–Kier alpha value is -1.68. The van der Waals surface area contributed by atoms with Gasteiger partial charge in [-0.3, -0.25) is 9.59 Å². The monoisotopic (exact) mass is 191 g/mol. The van der Waals surface area contributed by atoms with E-state index in [1.54, 1.807) is 18.2 Å². The first-order chi connectivity index (χ1) is 6.55. The highest BCUT2D eigenvalue weighted by molar-refractivity contribution is 6.05. The Labute approximate surface area is 80.6 Å². The first-order valence-corrected chi connectivity index (χ1v) is 4.19. The van der Waals surface area contributed by atoms with E-state index in [0.717, 1.165) is 0 Å². The van der Waals surface area contributed by atoms with Crippen LogP contribution in [0.4, 0.5) is 5.69 Å². The Morgan fingerprint density at radius 2 is 2.21 bits per heavy atom. The Morgan fingerprint density at radius 3 is 2.86 bits per heavy atom. The number of benzene rings is 1. The summed E-state index contributed by atoms with van der Waals surface area (Å²) in [7, 11) is 0. The van der Waals surface area contributed by atoms with E-state index in [0.29, 0.717) is 23.1 Å². The molecule has 0 saturated carbocycles. The number of fused-ring (bicyclic) bond motifs is 1. The van der Waals surface area contributed by atoms with Crippen LogP contribution in [0.2, 0.25) is 0 Å². The molecule has 2 N–H and O–H groups in total. The van der Waals surface area contributed by atoms with Gasteiger partial charge in [-0.15, -0.1) is 0 Å². The molecule has 1 atom stereocenters. The molecule has 0 saturated heterocycles. The Kier molecular flexibility index (Phi) is 1.69. The van der Waals surface area contributed by atoms with Gasteiger partial charge in [0, 0.05) is 16.8 Å². The van der Waals surface area contributed by atoms with E-state index in [1.165, 1.54) is 6.92 Å². The van der Waals surface area contributed by atoms with Crippen molar-refractivity contribution < 1.29 is 14.7 Å². The minimum Gasteiger partial charge on any atom is -0.375 e. The van der Waals surface area contributed by atoms with Gasteiger partial charge in [-0.05, 0) is 13.0 Å². The molecule has 0 bridgehead atoms. The van der Waals surface area contributed by atoms with Crippen LogP contribution in [0.15, 0.2) is 18.2 Å². The van der Waals surface area contributed by atoms with Crippen molar-refractivity contribution in [3.8, 4) is 0 Å². The molecule has 1 amide bonds. The number of carbonyl (C=O) groups excluding carboxylic acids is 2. The molecule has 0 aliphatic carbocycles. The highest BCUT2D eigenvalue weighted by Gasteiger charge is 2.40. The fourth-order valence-electron chi connectivity index (χ4n) is 1.53. The highest BCUT2D eigenvalue weighted by Crippen LogP contribution is 2.35. The van der Waals surface area contributed by atoms with Crippen molar-refractivity contribution in [2.45, 2.75) is 12.5 Å². The van der Waals surface area contributed by atoms with Gasteiger partial charge in [0.2, 0.25) is 0 Å². The molecule has 1 aromatic carbocycles. The predicted octanol–water partition coefficient (Wildman–Crippen LogP) is 0.659. The second kappa shape index (κ2) is 2.65. The van der Waals surface area contributed by atoms with E-state index in [1.807, 2.05) is 0 Å². The number of carbonyl (C=O) groups is 2.